The third-order valence-corrected chi connectivity index (χ3v) is 4.16. The number of benzene rings is 1. The van der Waals surface area contributed by atoms with Crippen molar-refractivity contribution in [1.29, 1.82) is 0 Å². The van der Waals surface area contributed by atoms with Gasteiger partial charge in [-0.2, -0.15) is 0 Å². The van der Waals surface area contributed by atoms with Gasteiger partial charge in [-0.05, 0) is 36.8 Å². The Morgan fingerprint density at radius 2 is 2.26 bits per heavy atom. The smallest absolute Gasteiger partial charge is 0.0468 e. The molecule has 1 aliphatic rings. The summed E-state index contributed by atoms with van der Waals surface area (Å²) in [6.07, 6.45) is 3.39. The Balaban J connectivity index is 1.75. The van der Waals surface area contributed by atoms with Crippen LogP contribution in [0.5, 0.6) is 0 Å². The molecule has 3 rings (SSSR count). The van der Waals surface area contributed by atoms with Crippen molar-refractivity contribution in [1.82, 2.24) is 10.3 Å². The third kappa shape index (κ3) is 2.53. The van der Waals surface area contributed by atoms with Gasteiger partial charge in [-0.15, -0.1) is 0 Å². The molecule has 1 aromatic heterocycles. The molecule has 0 amide bonds. The maximum Gasteiger partial charge on any atom is 0.0468 e. The van der Waals surface area contributed by atoms with Gasteiger partial charge in [-0.1, -0.05) is 25.1 Å². The number of nitrogens with one attached hydrogen (secondary N) is 2. The summed E-state index contributed by atoms with van der Waals surface area (Å²) in [5, 5.41) is 14.1. The molecular formula is C16H22N2O. The minimum absolute atomic E-state index is 0.262. The van der Waals surface area contributed by atoms with Gasteiger partial charge in [-0.25, -0.2) is 0 Å². The Bertz CT molecular complexity index is 561. The van der Waals surface area contributed by atoms with Crippen LogP contribution in [0.25, 0.3) is 10.9 Å². The van der Waals surface area contributed by atoms with Crippen LogP contribution in [-0.2, 0) is 12.8 Å². The minimum Gasteiger partial charge on any atom is -0.396 e. The van der Waals surface area contributed by atoms with Crippen LogP contribution >= 0.6 is 0 Å². The number of rotatable bonds is 4. The van der Waals surface area contributed by atoms with Crippen molar-refractivity contribution in [2.45, 2.75) is 32.2 Å². The fraction of sp³-hybridized carbons (Fsp3) is 0.500. The summed E-state index contributed by atoms with van der Waals surface area (Å²) < 4.78 is 0. The second-order valence-corrected chi connectivity index (χ2v) is 5.76. The van der Waals surface area contributed by atoms with Gasteiger partial charge in [-0.3, -0.25) is 0 Å². The van der Waals surface area contributed by atoms with Crippen molar-refractivity contribution in [3.63, 3.8) is 0 Å². The van der Waals surface area contributed by atoms with Gasteiger partial charge in [0.2, 0.25) is 0 Å². The van der Waals surface area contributed by atoms with Gasteiger partial charge in [0.25, 0.3) is 0 Å². The number of hydrogen-bond donors (Lipinski definition) is 3. The summed E-state index contributed by atoms with van der Waals surface area (Å²) in [5.41, 5.74) is 4.15. The van der Waals surface area contributed by atoms with Crippen LogP contribution in [0.4, 0.5) is 0 Å². The van der Waals surface area contributed by atoms with Crippen LogP contribution < -0.4 is 5.32 Å². The van der Waals surface area contributed by atoms with Crippen molar-refractivity contribution in [3.8, 4) is 0 Å². The molecular weight excluding hydrogens is 236 g/mol. The van der Waals surface area contributed by atoms with Gasteiger partial charge in [0.15, 0.2) is 0 Å². The maximum atomic E-state index is 9.09. The lowest BCUT2D eigenvalue weighted by molar-refractivity contribution is 0.228. The summed E-state index contributed by atoms with van der Waals surface area (Å²) in [6, 6.07) is 9.11. The van der Waals surface area contributed by atoms with Crippen molar-refractivity contribution in [2.75, 3.05) is 13.2 Å². The lowest BCUT2D eigenvalue weighted by Crippen LogP contribution is -2.37. The molecule has 0 aliphatic heterocycles. The highest BCUT2D eigenvalue weighted by Crippen LogP contribution is 2.29. The quantitative estimate of drug-likeness (QED) is 0.787. The monoisotopic (exact) mass is 258 g/mol. The summed E-state index contributed by atoms with van der Waals surface area (Å²) in [7, 11) is 0. The zero-order chi connectivity index (χ0) is 13.2. The second kappa shape index (κ2) is 5.35. The van der Waals surface area contributed by atoms with Crippen molar-refractivity contribution in [3.05, 3.63) is 35.5 Å². The first-order chi connectivity index (χ1) is 9.28. The zero-order valence-electron chi connectivity index (χ0n) is 11.4. The molecule has 3 nitrogen and oxygen atoms in total. The largest absolute Gasteiger partial charge is 0.396 e. The molecule has 0 fully saturated rings. The van der Waals surface area contributed by atoms with E-state index in [0.29, 0.717) is 12.0 Å². The molecule has 2 atom stereocenters. The Morgan fingerprint density at radius 1 is 1.42 bits per heavy atom. The van der Waals surface area contributed by atoms with Crippen molar-refractivity contribution in [2.24, 2.45) is 5.92 Å². The van der Waals surface area contributed by atoms with Crippen LogP contribution in [0.2, 0.25) is 0 Å². The Labute approximate surface area is 114 Å². The Morgan fingerprint density at radius 3 is 3.11 bits per heavy atom. The average molecular weight is 258 g/mol. The number of hydrogen-bond acceptors (Lipinski definition) is 2. The highest BCUT2D eigenvalue weighted by atomic mass is 16.3. The van der Waals surface area contributed by atoms with E-state index in [0.717, 1.165) is 19.4 Å². The van der Waals surface area contributed by atoms with Crippen LogP contribution in [0.3, 0.4) is 0 Å². The van der Waals surface area contributed by atoms with Crippen LogP contribution in [-0.4, -0.2) is 29.3 Å². The van der Waals surface area contributed by atoms with E-state index < -0.39 is 0 Å². The van der Waals surface area contributed by atoms with Crippen molar-refractivity contribution >= 4 is 10.9 Å². The summed E-state index contributed by atoms with van der Waals surface area (Å²) >= 11 is 0. The number of aromatic nitrogens is 1. The van der Waals surface area contributed by atoms with Crippen molar-refractivity contribution < 1.29 is 5.11 Å². The van der Waals surface area contributed by atoms with E-state index in [9.17, 15) is 0 Å². The molecule has 102 valence electrons. The van der Waals surface area contributed by atoms with Gasteiger partial charge in [0.05, 0.1) is 0 Å². The maximum absolute atomic E-state index is 9.09. The molecule has 3 N–H and O–H groups in total. The predicted molar refractivity (Wildman–Crippen MR) is 78.4 cm³/mol. The molecule has 3 heteroatoms. The number of aromatic amines is 1. The second-order valence-electron chi connectivity index (χ2n) is 5.76. The third-order valence-electron chi connectivity index (χ3n) is 4.16. The van der Waals surface area contributed by atoms with Gasteiger partial charge >= 0.3 is 0 Å². The molecule has 0 saturated carbocycles. The molecule has 0 bridgehead atoms. The SMILES string of the molecule is CC(CO)CNC1CCc2[nH]c3ccccc3c2C1. The number of fused-ring (bicyclic) bond motifs is 3. The van der Waals surface area contributed by atoms with E-state index in [1.165, 1.54) is 28.6 Å². The molecule has 2 aromatic rings. The molecule has 1 aliphatic carbocycles. The normalized spacial score (nSPS) is 20.4. The van der Waals surface area contributed by atoms with E-state index in [2.05, 4.69) is 41.5 Å². The minimum atomic E-state index is 0.262. The first kappa shape index (κ1) is 12.7. The van der Waals surface area contributed by atoms with E-state index in [-0.39, 0.29) is 6.61 Å². The van der Waals surface area contributed by atoms with E-state index in [4.69, 9.17) is 5.11 Å². The van der Waals surface area contributed by atoms with Crippen LogP contribution in [0.1, 0.15) is 24.6 Å². The molecule has 1 aromatic carbocycles. The first-order valence-electron chi connectivity index (χ1n) is 7.20. The Kier molecular flexibility index (Phi) is 3.58. The van der Waals surface area contributed by atoms with E-state index in [1.54, 1.807) is 0 Å². The molecule has 0 spiro atoms. The first-order valence-corrected chi connectivity index (χ1v) is 7.20. The number of aryl methyl sites for hydroxylation is 1. The molecule has 1 heterocycles. The van der Waals surface area contributed by atoms with Crippen LogP contribution in [0.15, 0.2) is 24.3 Å². The molecule has 0 saturated heterocycles. The zero-order valence-corrected chi connectivity index (χ0v) is 11.4. The molecule has 19 heavy (non-hydrogen) atoms. The van der Waals surface area contributed by atoms with Crippen LogP contribution in [0, 0.1) is 5.92 Å². The lowest BCUT2D eigenvalue weighted by atomic mass is 9.91. The highest BCUT2D eigenvalue weighted by Gasteiger charge is 2.22. The lowest BCUT2D eigenvalue weighted by Gasteiger charge is -2.25. The molecule has 0 radical (unpaired) electrons. The number of aliphatic hydroxyl groups excluding tert-OH is 1. The number of H-pyrrole nitrogens is 1. The summed E-state index contributed by atoms with van der Waals surface area (Å²) in [5.74, 6) is 0.337. The van der Waals surface area contributed by atoms with Gasteiger partial charge < -0.3 is 15.4 Å². The van der Waals surface area contributed by atoms with E-state index in [1.807, 2.05) is 0 Å². The highest BCUT2D eigenvalue weighted by molar-refractivity contribution is 5.84. The summed E-state index contributed by atoms with van der Waals surface area (Å²) in [6.45, 7) is 3.24. The fourth-order valence-electron chi connectivity index (χ4n) is 2.98. The average Bonchev–Trinajstić information content (AvgIpc) is 2.82. The predicted octanol–water partition coefficient (Wildman–Crippen LogP) is 2.24. The molecule has 2 unspecified atom stereocenters. The fourth-order valence-corrected chi connectivity index (χ4v) is 2.98. The van der Waals surface area contributed by atoms with Gasteiger partial charge in [0, 0.05) is 35.8 Å². The Hall–Kier alpha value is -1.32. The van der Waals surface area contributed by atoms with E-state index >= 15 is 0 Å². The topological polar surface area (TPSA) is 48.0 Å². The van der Waals surface area contributed by atoms with Gasteiger partial charge in [0.1, 0.15) is 0 Å². The standard InChI is InChI=1S/C16H22N2O/c1-11(10-19)9-17-12-6-7-16-14(8-12)13-4-2-3-5-15(13)18-16/h2-5,11-12,17-19H,6-10H2,1H3. The summed E-state index contributed by atoms with van der Waals surface area (Å²) in [4.78, 5) is 3.54. The number of aliphatic hydroxyl groups is 1. The number of para-hydroxylation sites is 1.